The molecule has 0 amide bonds. The number of methoxy groups -OCH3 is 1. The molecule has 1 unspecified atom stereocenters. The minimum absolute atomic E-state index is 0.0102. The summed E-state index contributed by atoms with van der Waals surface area (Å²) in [4.78, 5) is 23.4. The molecule has 1 aliphatic rings. The van der Waals surface area contributed by atoms with Gasteiger partial charge in [-0.05, 0) is 11.6 Å². The summed E-state index contributed by atoms with van der Waals surface area (Å²) in [5.41, 5.74) is -1.63. The van der Waals surface area contributed by atoms with Crippen LogP contribution < -0.4 is 5.43 Å². The first kappa shape index (κ1) is 17.8. The van der Waals surface area contributed by atoms with E-state index in [4.69, 9.17) is 11.6 Å². The van der Waals surface area contributed by atoms with E-state index in [1.165, 1.54) is 24.3 Å². The standard InChI is InChI=1S/C14H10ClF3N2O4/c1-24-13(23)10-8(6-4-2-3-5-7(6)15)9(12(21)22)11(20-19-10)14(16,17)18/h2-5,8,20H,1H3,(H,21,22). The second kappa shape index (κ2) is 6.52. The van der Waals surface area contributed by atoms with E-state index in [1.807, 2.05) is 0 Å². The highest BCUT2D eigenvalue weighted by Gasteiger charge is 2.47. The van der Waals surface area contributed by atoms with Gasteiger partial charge in [-0.25, -0.2) is 9.59 Å². The first-order chi connectivity index (χ1) is 11.2. The fourth-order valence-electron chi connectivity index (χ4n) is 2.25. The minimum Gasteiger partial charge on any atom is -0.478 e. The Morgan fingerprint density at radius 2 is 1.96 bits per heavy atom. The minimum atomic E-state index is -5.02. The molecule has 0 radical (unpaired) electrons. The summed E-state index contributed by atoms with van der Waals surface area (Å²) >= 11 is 5.98. The molecule has 10 heteroatoms. The van der Waals surface area contributed by atoms with E-state index in [1.54, 1.807) is 5.43 Å². The average molecular weight is 363 g/mol. The number of rotatable bonds is 3. The van der Waals surface area contributed by atoms with E-state index >= 15 is 0 Å². The van der Waals surface area contributed by atoms with Crippen molar-refractivity contribution in [2.24, 2.45) is 5.10 Å². The van der Waals surface area contributed by atoms with Gasteiger partial charge in [0.25, 0.3) is 0 Å². The molecule has 0 bridgehead atoms. The zero-order valence-corrected chi connectivity index (χ0v) is 12.8. The number of carboxylic acid groups (broad SMARTS) is 1. The Morgan fingerprint density at radius 3 is 2.46 bits per heavy atom. The largest absolute Gasteiger partial charge is 0.478 e. The predicted octanol–water partition coefficient (Wildman–Crippen LogP) is 2.46. The predicted molar refractivity (Wildman–Crippen MR) is 77.5 cm³/mol. The van der Waals surface area contributed by atoms with Crippen LogP contribution >= 0.6 is 11.6 Å². The molecule has 128 valence electrons. The maximum absolute atomic E-state index is 13.1. The first-order valence-electron chi connectivity index (χ1n) is 6.39. The van der Waals surface area contributed by atoms with Crippen LogP contribution in [0, 0.1) is 0 Å². The summed E-state index contributed by atoms with van der Waals surface area (Å²) in [6, 6.07) is 5.63. The molecular weight excluding hydrogens is 353 g/mol. The van der Waals surface area contributed by atoms with Crippen molar-refractivity contribution in [2.45, 2.75) is 12.1 Å². The van der Waals surface area contributed by atoms with E-state index in [9.17, 15) is 27.9 Å². The molecule has 1 aliphatic heterocycles. The van der Waals surface area contributed by atoms with Crippen LogP contribution in [0.15, 0.2) is 40.6 Å². The van der Waals surface area contributed by atoms with Gasteiger partial charge in [-0.15, -0.1) is 0 Å². The number of nitrogens with one attached hydrogen (secondary N) is 1. The Balaban J connectivity index is 2.76. The maximum atomic E-state index is 13.1. The zero-order chi connectivity index (χ0) is 18.1. The Kier molecular flexibility index (Phi) is 4.83. The number of benzene rings is 1. The summed E-state index contributed by atoms with van der Waals surface area (Å²) in [5.74, 6) is -4.58. The van der Waals surface area contributed by atoms with Crippen LogP contribution in [0.3, 0.4) is 0 Å². The smallest absolute Gasteiger partial charge is 0.433 e. The summed E-state index contributed by atoms with van der Waals surface area (Å²) < 4.78 is 43.9. The molecule has 0 aliphatic carbocycles. The molecule has 24 heavy (non-hydrogen) atoms. The number of hydrazone groups is 1. The van der Waals surface area contributed by atoms with Crippen molar-refractivity contribution in [3.8, 4) is 0 Å². The summed E-state index contributed by atoms with van der Waals surface area (Å²) in [5, 5.41) is 12.7. The van der Waals surface area contributed by atoms with Gasteiger partial charge in [-0.2, -0.15) is 18.3 Å². The SMILES string of the molecule is COC(=O)C1=NNC(C(F)(F)F)=C(C(=O)O)C1c1ccccc1Cl. The highest BCUT2D eigenvalue weighted by molar-refractivity contribution is 6.41. The second-order valence-corrected chi connectivity index (χ2v) is 5.05. The number of hydrogen-bond acceptors (Lipinski definition) is 5. The number of carbonyl (C=O) groups is 2. The van der Waals surface area contributed by atoms with Gasteiger partial charge in [-0.3, -0.25) is 5.43 Å². The quantitative estimate of drug-likeness (QED) is 0.806. The number of nitrogens with zero attached hydrogens (tertiary/aromatic N) is 1. The third-order valence-electron chi connectivity index (χ3n) is 3.24. The highest BCUT2D eigenvalue weighted by Crippen LogP contribution is 2.39. The maximum Gasteiger partial charge on any atom is 0.433 e. The van der Waals surface area contributed by atoms with E-state index in [0.717, 1.165) is 7.11 Å². The highest BCUT2D eigenvalue weighted by atomic mass is 35.5. The van der Waals surface area contributed by atoms with Gasteiger partial charge in [0.05, 0.1) is 18.6 Å². The van der Waals surface area contributed by atoms with Gasteiger partial charge in [0.1, 0.15) is 5.70 Å². The Morgan fingerprint density at radius 1 is 1.33 bits per heavy atom. The molecule has 0 fully saturated rings. The number of alkyl halides is 3. The molecule has 0 saturated heterocycles. The summed E-state index contributed by atoms with van der Waals surface area (Å²) in [6.45, 7) is 0. The van der Waals surface area contributed by atoms with Gasteiger partial charge in [0.2, 0.25) is 0 Å². The lowest BCUT2D eigenvalue weighted by Gasteiger charge is -2.27. The molecule has 2 N–H and O–H groups in total. The number of aliphatic carboxylic acids is 1. The van der Waals surface area contributed by atoms with Crippen LogP contribution in [-0.4, -0.2) is 36.0 Å². The van der Waals surface area contributed by atoms with Crippen LogP contribution in [0.4, 0.5) is 13.2 Å². The fraction of sp³-hybridized carbons (Fsp3) is 0.214. The first-order valence-corrected chi connectivity index (χ1v) is 6.77. The van der Waals surface area contributed by atoms with Crippen LogP contribution in [0.1, 0.15) is 11.5 Å². The lowest BCUT2D eigenvalue weighted by atomic mass is 9.84. The summed E-state index contributed by atoms with van der Waals surface area (Å²) in [7, 11) is 0.998. The van der Waals surface area contributed by atoms with Gasteiger partial charge in [0, 0.05) is 5.02 Å². The molecule has 6 nitrogen and oxygen atoms in total. The van der Waals surface area contributed by atoms with Crippen molar-refractivity contribution in [3.05, 3.63) is 46.1 Å². The lowest BCUT2D eigenvalue weighted by Crippen LogP contribution is -2.39. The van der Waals surface area contributed by atoms with Crippen LogP contribution in [0.5, 0.6) is 0 Å². The number of allylic oxidation sites excluding steroid dienone is 1. The van der Waals surface area contributed by atoms with Gasteiger partial charge in [-0.1, -0.05) is 29.8 Å². The molecule has 0 saturated carbocycles. The molecule has 1 aromatic rings. The van der Waals surface area contributed by atoms with Crippen LogP contribution in [0.25, 0.3) is 0 Å². The number of hydrogen-bond donors (Lipinski definition) is 2. The van der Waals surface area contributed by atoms with Gasteiger partial charge >= 0.3 is 18.1 Å². The number of esters is 1. The Bertz CT molecular complexity index is 759. The van der Waals surface area contributed by atoms with Crippen molar-refractivity contribution in [1.29, 1.82) is 0 Å². The fourth-order valence-corrected chi connectivity index (χ4v) is 2.49. The topological polar surface area (TPSA) is 88.0 Å². The number of halogens is 4. The van der Waals surface area contributed by atoms with Crippen molar-refractivity contribution in [3.63, 3.8) is 0 Å². The lowest BCUT2D eigenvalue weighted by molar-refractivity contribution is -0.135. The Labute approximate surface area is 138 Å². The van der Waals surface area contributed by atoms with E-state index < -0.39 is 41.0 Å². The van der Waals surface area contributed by atoms with Crippen LogP contribution in [0.2, 0.25) is 5.02 Å². The summed E-state index contributed by atoms with van der Waals surface area (Å²) in [6.07, 6.45) is -5.02. The van der Waals surface area contributed by atoms with Crippen molar-refractivity contribution in [1.82, 2.24) is 5.43 Å². The van der Waals surface area contributed by atoms with Gasteiger partial charge in [0.15, 0.2) is 5.71 Å². The molecule has 1 atom stereocenters. The molecule has 1 heterocycles. The van der Waals surface area contributed by atoms with Crippen molar-refractivity contribution >= 4 is 29.3 Å². The number of ether oxygens (including phenoxy) is 1. The molecule has 1 aromatic carbocycles. The molecule has 2 rings (SSSR count). The monoisotopic (exact) mass is 362 g/mol. The van der Waals surface area contributed by atoms with Crippen LogP contribution in [-0.2, 0) is 14.3 Å². The number of carbonyl (C=O) groups excluding carboxylic acids is 1. The Hall–Kier alpha value is -2.55. The molecule has 0 aromatic heterocycles. The molecule has 0 spiro atoms. The average Bonchev–Trinajstić information content (AvgIpc) is 2.52. The van der Waals surface area contributed by atoms with E-state index in [0.29, 0.717) is 0 Å². The van der Waals surface area contributed by atoms with Crippen molar-refractivity contribution in [2.75, 3.05) is 7.11 Å². The molecular formula is C14H10ClF3N2O4. The third kappa shape index (κ3) is 3.21. The van der Waals surface area contributed by atoms with E-state index in [-0.39, 0.29) is 10.6 Å². The van der Waals surface area contributed by atoms with Crippen molar-refractivity contribution < 1.29 is 32.6 Å². The number of carboxylic acids is 1. The normalized spacial score (nSPS) is 17.9. The third-order valence-corrected chi connectivity index (χ3v) is 3.59. The second-order valence-electron chi connectivity index (χ2n) is 4.65. The van der Waals surface area contributed by atoms with Gasteiger partial charge < -0.3 is 9.84 Å². The zero-order valence-electron chi connectivity index (χ0n) is 12.0. The van der Waals surface area contributed by atoms with E-state index in [2.05, 4.69) is 9.84 Å².